The van der Waals surface area contributed by atoms with E-state index >= 15 is 0 Å². The number of carbonyl (C=O) groups excluding carboxylic acids is 1. The summed E-state index contributed by atoms with van der Waals surface area (Å²) in [4.78, 5) is 17.7. The first-order valence-electron chi connectivity index (χ1n) is 11.9. The summed E-state index contributed by atoms with van der Waals surface area (Å²) >= 11 is 1.35. The van der Waals surface area contributed by atoms with Gasteiger partial charge in [-0.3, -0.25) is 10.1 Å². The van der Waals surface area contributed by atoms with Crippen LogP contribution >= 0.6 is 11.3 Å². The highest BCUT2D eigenvalue weighted by molar-refractivity contribution is 7.89. The van der Waals surface area contributed by atoms with Gasteiger partial charge in [-0.05, 0) is 52.6 Å². The molecule has 0 radical (unpaired) electrons. The van der Waals surface area contributed by atoms with Gasteiger partial charge >= 0.3 is 0 Å². The fourth-order valence-corrected chi connectivity index (χ4v) is 6.80. The predicted octanol–water partition coefficient (Wildman–Crippen LogP) is 5.96. The molecular weight excluding hydrogens is 502 g/mol. The first kappa shape index (κ1) is 23.5. The average molecular weight is 526 g/mol. The maximum absolute atomic E-state index is 13.2. The number of fused-ring (bicyclic) bond motifs is 2. The molecule has 0 bridgehead atoms. The molecule has 2 heterocycles. The number of hydrogen-bond acceptors (Lipinski definition) is 5. The molecule has 1 aromatic heterocycles. The summed E-state index contributed by atoms with van der Waals surface area (Å²) in [6.07, 6.45) is 0.685. The van der Waals surface area contributed by atoms with Crippen LogP contribution in [0.4, 0.5) is 5.13 Å². The molecule has 1 aliphatic rings. The lowest BCUT2D eigenvalue weighted by Gasteiger charge is -2.28. The van der Waals surface area contributed by atoms with Gasteiger partial charge in [-0.2, -0.15) is 4.31 Å². The number of sulfonamides is 1. The highest BCUT2D eigenvalue weighted by Gasteiger charge is 2.28. The minimum absolute atomic E-state index is 0.177. The molecule has 4 aromatic carbocycles. The molecule has 37 heavy (non-hydrogen) atoms. The van der Waals surface area contributed by atoms with Crippen LogP contribution in [0.5, 0.6) is 0 Å². The van der Waals surface area contributed by atoms with Crippen molar-refractivity contribution in [2.45, 2.75) is 17.9 Å². The lowest BCUT2D eigenvalue weighted by atomic mass is 10.0. The molecule has 1 amide bonds. The van der Waals surface area contributed by atoms with Gasteiger partial charge in [0.05, 0.1) is 10.6 Å². The molecule has 6 rings (SSSR count). The van der Waals surface area contributed by atoms with Gasteiger partial charge in [0.2, 0.25) is 10.0 Å². The van der Waals surface area contributed by atoms with Crippen molar-refractivity contribution in [3.05, 3.63) is 113 Å². The maximum atomic E-state index is 13.2. The summed E-state index contributed by atoms with van der Waals surface area (Å²) in [6.45, 7) is 0.786. The van der Waals surface area contributed by atoms with Gasteiger partial charge in [0, 0.05) is 29.6 Å². The van der Waals surface area contributed by atoms with Crippen molar-refractivity contribution in [3.8, 4) is 11.3 Å². The molecule has 1 aliphatic heterocycles. The summed E-state index contributed by atoms with van der Waals surface area (Å²) in [5.41, 5.74) is 4.38. The molecule has 0 atom stereocenters. The number of benzene rings is 4. The molecule has 0 saturated carbocycles. The lowest BCUT2D eigenvalue weighted by Crippen LogP contribution is -2.35. The smallest absolute Gasteiger partial charge is 0.257 e. The van der Waals surface area contributed by atoms with Crippen LogP contribution in [-0.4, -0.2) is 30.2 Å². The van der Waals surface area contributed by atoms with Crippen LogP contribution < -0.4 is 5.32 Å². The molecule has 0 fully saturated rings. The maximum Gasteiger partial charge on any atom is 0.257 e. The fourth-order valence-electron chi connectivity index (χ4n) is 4.68. The third-order valence-electron chi connectivity index (χ3n) is 6.64. The standard InChI is InChI=1S/C29H23N3O3S2/c33-28(31-29-30-27(19-36-29)26-11-5-9-21-7-3-4-10-25(21)26)22-12-14-24(15-13-22)37(34,35)32-17-16-20-6-1-2-8-23(20)18-32/h1-15,19H,16-18H2,(H,30,31,33). The number of nitrogens with zero attached hydrogens (tertiary/aromatic N) is 2. The number of rotatable bonds is 5. The Morgan fingerprint density at radius 1 is 0.865 bits per heavy atom. The third-order valence-corrected chi connectivity index (χ3v) is 9.26. The first-order chi connectivity index (χ1) is 18.0. The van der Waals surface area contributed by atoms with Crippen molar-refractivity contribution in [2.75, 3.05) is 11.9 Å². The molecule has 6 nitrogen and oxygen atoms in total. The summed E-state index contributed by atoms with van der Waals surface area (Å²) in [5.74, 6) is -0.338. The Kier molecular flexibility index (Phi) is 6.08. The van der Waals surface area contributed by atoms with E-state index in [0.29, 0.717) is 30.2 Å². The first-order valence-corrected chi connectivity index (χ1v) is 14.2. The van der Waals surface area contributed by atoms with E-state index in [1.165, 1.54) is 33.3 Å². The van der Waals surface area contributed by atoms with Gasteiger partial charge < -0.3 is 0 Å². The zero-order valence-corrected chi connectivity index (χ0v) is 21.4. The highest BCUT2D eigenvalue weighted by Crippen LogP contribution is 2.31. The van der Waals surface area contributed by atoms with E-state index in [1.807, 2.05) is 53.9 Å². The number of carbonyl (C=O) groups is 1. The minimum atomic E-state index is -3.66. The number of amides is 1. The second kappa shape index (κ2) is 9.55. The summed E-state index contributed by atoms with van der Waals surface area (Å²) in [6, 6.07) is 28.2. The van der Waals surface area contributed by atoms with E-state index in [-0.39, 0.29) is 10.8 Å². The Bertz CT molecular complexity index is 1720. The van der Waals surface area contributed by atoms with Gasteiger partial charge in [0.1, 0.15) is 0 Å². The molecule has 0 spiro atoms. The van der Waals surface area contributed by atoms with Gasteiger partial charge in [0.25, 0.3) is 5.91 Å². The Morgan fingerprint density at radius 2 is 1.59 bits per heavy atom. The molecule has 184 valence electrons. The average Bonchev–Trinajstić information content (AvgIpc) is 3.40. The highest BCUT2D eigenvalue weighted by atomic mass is 32.2. The number of anilines is 1. The van der Waals surface area contributed by atoms with E-state index in [2.05, 4.69) is 28.5 Å². The minimum Gasteiger partial charge on any atom is -0.298 e. The summed E-state index contributed by atoms with van der Waals surface area (Å²) in [7, 11) is -3.66. The fraction of sp³-hybridized carbons (Fsp3) is 0.103. The topological polar surface area (TPSA) is 79.4 Å². The molecule has 1 N–H and O–H groups in total. The van der Waals surface area contributed by atoms with Crippen molar-refractivity contribution >= 4 is 43.2 Å². The second-order valence-corrected chi connectivity index (χ2v) is 11.7. The number of thiazole rings is 1. The lowest BCUT2D eigenvalue weighted by molar-refractivity contribution is 0.102. The molecule has 0 unspecified atom stereocenters. The van der Waals surface area contributed by atoms with Crippen LogP contribution in [0, 0.1) is 0 Å². The van der Waals surface area contributed by atoms with Crippen molar-refractivity contribution in [2.24, 2.45) is 0 Å². The van der Waals surface area contributed by atoms with Crippen LogP contribution in [0.15, 0.2) is 101 Å². The van der Waals surface area contributed by atoms with Gasteiger partial charge in [-0.15, -0.1) is 11.3 Å². The molecular formula is C29H23N3O3S2. The SMILES string of the molecule is O=C(Nc1nc(-c2cccc3ccccc23)cs1)c1ccc(S(=O)(=O)N2CCc3ccccc3C2)cc1. The second-order valence-electron chi connectivity index (χ2n) is 8.90. The van der Waals surface area contributed by atoms with Gasteiger partial charge in [-0.25, -0.2) is 13.4 Å². The number of aromatic nitrogens is 1. The van der Waals surface area contributed by atoms with Crippen LogP contribution in [-0.2, 0) is 23.0 Å². The van der Waals surface area contributed by atoms with E-state index < -0.39 is 10.0 Å². The van der Waals surface area contributed by atoms with Crippen molar-refractivity contribution < 1.29 is 13.2 Å². The van der Waals surface area contributed by atoms with Crippen molar-refractivity contribution in [1.29, 1.82) is 0 Å². The van der Waals surface area contributed by atoms with Crippen LogP contribution in [0.2, 0.25) is 0 Å². The molecule has 0 aliphatic carbocycles. The molecule has 0 saturated heterocycles. The summed E-state index contributed by atoms with van der Waals surface area (Å²) < 4.78 is 27.9. The van der Waals surface area contributed by atoms with Crippen molar-refractivity contribution in [3.63, 3.8) is 0 Å². The monoisotopic (exact) mass is 525 g/mol. The molecule has 8 heteroatoms. The van der Waals surface area contributed by atoms with Gasteiger partial charge in [0.15, 0.2) is 5.13 Å². The largest absolute Gasteiger partial charge is 0.298 e. The Balaban J connectivity index is 1.17. The summed E-state index contributed by atoms with van der Waals surface area (Å²) in [5, 5.41) is 7.47. The molecule has 5 aromatic rings. The number of nitrogens with one attached hydrogen (secondary N) is 1. The Labute approximate surface area is 219 Å². The van der Waals surface area contributed by atoms with E-state index in [4.69, 9.17) is 0 Å². The quantitative estimate of drug-likeness (QED) is 0.307. The van der Waals surface area contributed by atoms with Crippen molar-refractivity contribution in [1.82, 2.24) is 9.29 Å². The third kappa shape index (κ3) is 4.55. The van der Waals surface area contributed by atoms with Crippen LogP contribution in [0.3, 0.4) is 0 Å². The van der Waals surface area contributed by atoms with E-state index in [0.717, 1.165) is 27.6 Å². The van der Waals surface area contributed by atoms with E-state index in [9.17, 15) is 13.2 Å². The zero-order valence-electron chi connectivity index (χ0n) is 19.8. The van der Waals surface area contributed by atoms with Crippen LogP contribution in [0.1, 0.15) is 21.5 Å². The Hall–Kier alpha value is -3.85. The Morgan fingerprint density at radius 3 is 2.43 bits per heavy atom. The normalized spacial score (nSPS) is 13.8. The van der Waals surface area contributed by atoms with Crippen LogP contribution in [0.25, 0.3) is 22.0 Å². The van der Waals surface area contributed by atoms with Gasteiger partial charge in [-0.1, -0.05) is 66.7 Å². The number of hydrogen-bond donors (Lipinski definition) is 1. The zero-order chi connectivity index (χ0) is 25.4. The van der Waals surface area contributed by atoms with E-state index in [1.54, 1.807) is 12.1 Å². The predicted molar refractivity (Wildman–Crippen MR) is 147 cm³/mol.